The van der Waals surface area contributed by atoms with E-state index in [-0.39, 0.29) is 6.10 Å². The zero-order chi connectivity index (χ0) is 7.11. The first kappa shape index (κ1) is 8.70. The summed E-state index contributed by atoms with van der Waals surface area (Å²) < 4.78 is 0. The molecule has 0 aliphatic rings. The quantitative estimate of drug-likeness (QED) is 0.575. The Morgan fingerprint density at radius 2 is 2.11 bits per heavy atom. The Labute approximate surface area is 57.4 Å². The lowest BCUT2D eigenvalue weighted by molar-refractivity contribution is 0.198. The molecule has 0 aliphatic carbocycles. The van der Waals surface area contributed by atoms with Gasteiger partial charge in [0.15, 0.2) is 0 Å². The van der Waals surface area contributed by atoms with Crippen LogP contribution in [0.5, 0.6) is 0 Å². The van der Waals surface area contributed by atoms with Crippen molar-refractivity contribution in [3.63, 3.8) is 0 Å². The van der Waals surface area contributed by atoms with Gasteiger partial charge in [-0.15, -0.1) is 0 Å². The standard InChI is InChI=1S/C8H16O/c1-3-4-5-6-7-8(2)9/h5-6,8-9H,3-4,7H2,1-2H3/b6-5+. The summed E-state index contributed by atoms with van der Waals surface area (Å²) in [5.41, 5.74) is 0. The molecule has 0 saturated carbocycles. The maximum atomic E-state index is 8.80. The van der Waals surface area contributed by atoms with Gasteiger partial charge in [0.2, 0.25) is 0 Å². The van der Waals surface area contributed by atoms with Gasteiger partial charge in [0.25, 0.3) is 0 Å². The molecule has 0 fully saturated rings. The first-order valence-corrected chi connectivity index (χ1v) is 3.60. The Balaban J connectivity index is 3.04. The van der Waals surface area contributed by atoms with Gasteiger partial charge in [-0.1, -0.05) is 25.5 Å². The van der Waals surface area contributed by atoms with Gasteiger partial charge in [-0.25, -0.2) is 0 Å². The second kappa shape index (κ2) is 5.83. The second-order valence-electron chi connectivity index (χ2n) is 2.34. The SMILES string of the molecule is CCC/C=C/CC(C)O. The molecule has 0 bridgehead atoms. The van der Waals surface area contributed by atoms with Gasteiger partial charge in [-0.05, 0) is 19.8 Å². The summed E-state index contributed by atoms with van der Waals surface area (Å²) in [6.45, 7) is 3.95. The van der Waals surface area contributed by atoms with Crippen molar-refractivity contribution in [3.8, 4) is 0 Å². The molecule has 1 N–H and O–H groups in total. The van der Waals surface area contributed by atoms with Crippen molar-refractivity contribution < 1.29 is 5.11 Å². The number of unbranched alkanes of at least 4 members (excludes halogenated alkanes) is 1. The minimum atomic E-state index is -0.182. The molecule has 1 unspecified atom stereocenters. The van der Waals surface area contributed by atoms with E-state index in [2.05, 4.69) is 13.0 Å². The van der Waals surface area contributed by atoms with Gasteiger partial charge in [0.05, 0.1) is 6.10 Å². The van der Waals surface area contributed by atoms with Crippen LogP contribution in [0.1, 0.15) is 33.1 Å². The molecule has 0 rings (SSSR count). The largest absolute Gasteiger partial charge is 0.393 e. The van der Waals surface area contributed by atoms with Crippen LogP contribution >= 0.6 is 0 Å². The Morgan fingerprint density at radius 3 is 2.56 bits per heavy atom. The summed E-state index contributed by atoms with van der Waals surface area (Å²) in [6.07, 6.45) is 7.09. The third-order valence-electron chi connectivity index (χ3n) is 1.10. The van der Waals surface area contributed by atoms with Crippen LogP contribution in [-0.4, -0.2) is 11.2 Å². The minimum Gasteiger partial charge on any atom is -0.393 e. The van der Waals surface area contributed by atoms with Gasteiger partial charge in [0, 0.05) is 0 Å². The molecule has 54 valence electrons. The molecule has 0 amide bonds. The summed E-state index contributed by atoms with van der Waals surface area (Å²) in [4.78, 5) is 0. The molecule has 1 heteroatoms. The fraction of sp³-hybridized carbons (Fsp3) is 0.750. The maximum absolute atomic E-state index is 8.80. The molecular weight excluding hydrogens is 112 g/mol. The van der Waals surface area contributed by atoms with E-state index in [1.807, 2.05) is 6.08 Å². The summed E-state index contributed by atoms with van der Waals surface area (Å²) in [6, 6.07) is 0. The molecule has 0 saturated heterocycles. The highest BCUT2D eigenvalue weighted by Gasteiger charge is 1.86. The highest BCUT2D eigenvalue weighted by molar-refractivity contribution is 4.82. The minimum absolute atomic E-state index is 0.182. The van der Waals surface area contributed by atoms with Crippen LogP contribution in [0.3, 0.4) is 0 Å². The lowest BCUT2D eigenvalue weighted by atomic mass is 10.2. The average molecular weight is 128 g/mol. The second-order valence-corrected chi connectivity index (χ2v) is 2.34. The summed E-state index contributed by atoms with van der Waals surface area (Å²) >= 11 is 0. The van der Waals surface area contributed by atoms with Crippen molar-refractivity contribution in [1.29, 1.82) is 0 Å². The van der Waals surface area contributed by atoms with Gasteiger partial charge < -0.3 is 5.11 Å². The fourth-order valence-corrected chi connectivity index (χ4v) is 0.578. The van der Waals surface area contributed by atoms with Crippen molar-refractivity contribution in [2.75, 3.05) is 0 Å². The topological polar surface area (TPSA) is 20.2 Å². The smallest absolute Gasteiger partial charge is 0.0546 e. The average Bonchev–Trinajstić information content (AvgIpc) is 1.80. The van der Waals surface area contributed by atoms with Gasteiger partial charge in [-0.2, -0.15) is 0 Å². The van der Waals surface area contributed by atoms with Gasteiger partial charge in [0.1, 0.15) is 0 Å². The van der Waals surface area contributed by atoms with Gasteiger partial charge in [-0.3, -0.25) is 0 Å². The van der Waals surface area contributed by atoms with Crippen LogP contribution in [0.15, 0.2) is 12.2 Å². The van der Waals surface area contributed by atoms with E-state index in [1.54, 1.807) is 6.92 Å². The number of allylic oxidation sites excluding steroid dienone is 1. The number of aliphatic hydroxyl groups excluding tert-OH is 1. The Hall–Kier alpha value is -0.300. The van der Waals surface area contributed by atoms with E-state index >= 15 is 0 Å². The number of aliphatic hydroxyl groups is 1. The maximum Gasteiger partial charge on any atom is 0.0546 e. The molecule has 0 heterocycles. The highest BCUT2D eigenvalue weighted by Crippen LogP contribution is 1.94. The van der Waals surface area contributed by atoms with E-state index in [0.717, 1.165) is 12.8 Å². The molecular formula is C8H16O. The molecule has 9 heavy (non-hydrogen) atoms. The zero-order valence-electron chi connectivity index (χ0n) is 6.30. The number of hydrogen-bond donors (Lipinski definition) is 1. The van der Waals surface area contributed by atoms with E-state index in [0.29, 0.717) is 0 Å². The van der Waals surface area contributed by atoms with Crippen molar-refractivity contribution in [1.82, 2.24) is 0 Å². The molecule has 0 aromatic heterocycles. The Kier molecular flexibility index (Phi) is 5.64. The van der Waals surface area contributed by atoms with E-state index in [1.165, 1.54) is 6.42 Å². The van der Waals surface area contributed by atoms with Crippen molar-refractivity contribution in [3.05, 3.63) is 12.2 Å². The first-order valence-electron chi connectivity index (χ1n) is 3.60. The number of rotatable bonds is 4. The van der Waals surface area contributed by atoms with Crippen LogP contribution in [0.25, 0.3) is 0 Å². The third kappa shape index (κ3) is 7.70. The summed E-state index contributed by atoms with van der Waals surface area (Å²) in [5, 5.41) is 8.80. The van der Waals surface area contributed by atoms with Crippen LogP contribution in [0.4, 0.5) is 0 Å². The summed E-state index contributed by atoms with van der Waals surface area (Å²) in [5.74, 6) is 0. The van der Waals surface area contributed by atoms with E-state index < -0.39 is 0 Å². The van der Waals surface area contributed by atoms with Crippen molar-refractivity contribution >= 4 is 0 Å². The highest BCUT2D eigenvalue weighted by atomic mass is 16.3. The Bertz CT molecular complexity index is 74.6. The monoisotopic (exact) mass is 128 g/mol. The molecule has 1 nitrogen and oxygen atoms in total. The molecule has 0 aliphatic heterocycles. The van der Waals surface area contributed by atoms with E-state index in [9.17, 15) is 0 Å². The lowest BCUT2D eigenvalue weighted by Crippen LogP contribution is -1.94. The van der Waals surface area contributed by atoms with Crippen molar-refractivity contribution in [2.45, 2.75) is 39.2 Å². The van der Waals surface area contributed by atoms with Crippen LogP contribution in [-0.2, 0) is 0 Å². The van der Waals surface area contributed by atoms with Crippen LogP contribution in [0.2, 0.25) is 0 Å². The molecule has 0 radical (unpaired) electrons. The van der Waals surface area contributed by atoms with E-state index in [4.69, 9.17) is 5.11 Å². The normalized spacial score (nSPS) is 14.6. The molecule has 0 aromatic carbocycles. The first-order chi connectivity index (χ1) is 4.27. The zero-order valence-corrected chi connectivity index (χ0v) is 6.30. The predicted molar refractivity (Wildman–Crippen MR) is 40.3 cm³/mol. The van der Waals surface area contributed by atoms with Crippen molar-refractivity contribution in [2.24, 2.45) is 0 Å². The fourth-order valence-electron chi connectivity index (χ4n) is 0.578. The Morgan fingerprint density at radius 1 is 1.44 bits per heavy atom. The lowest BCUT2D eigenvalue weighted by Gasteiger charge is -1.94. The summed E-state index contributed by atoms with van der Waals surface area (Å²) in [7, 11) is 0. The molecule has 0 spiro atoms. The van der Waals surface area contributed by atoms with Crippen LogP contribution in [0, 0.1) is 0 Å². The third-order valence-corrected chi connectivity index (χ3v) is 1.10. The predicted octanol–water partition coefficient (Wildman–Crippen LogP) is 2.11. The van der Waals surface area contributed by atoms with Crippen LogP contribution < -0.4 is 0 Å². The number of hydrogen-bond acceptors (Lipinski definition) is 1. The molecule has 0 aromatic rings. The van der Waals surface area contributed by atoms with Gasteiger partial charge >= 0.3 is 0 Å². The molecule has 1 atom stereocenters.